The Kier molecular flexibility index (Phi) is 5.25. The molecule has 2 heterocycles. The van der Waals surface area contributed by atoms with Gasteiger partial charge in [-0.25, -0.2) is 0 Å². The topological polar surface area (TPSA) is 52.7 Å². The molecule has 1 unspecified atom stereocenters. The van der Waals surface area contributed by atoms with Crippen LogP contribution in [0.25, 0.3) is 0 Å². The van der Waals surface area contributed by atoms with Gasteiger partial charge in [-0.05, 0) is 25.8 Å². The fourth-order valence-corrected chi connectivity index (χ4v) is 3.53. The summed E-state index contributed by atoms with van der Waals surface area (Å²) in [6.07, 6.45) is 3.96. The summed E-state index contributed by atoms with van der Waals surface area (Å²) in [4.78, 5) is 28.7. The lowest BCUT2D eigenvalue weighted by Crippen LogP contribution is -2.60. The summed E-state index contributed by atoms with van der Waals surface area (Å²) in [5.74, 6) is 0.484. The van der Waals surface area contributed by atoms with Crippen molar-refractivity contribution in [2.75, 3.05) is 32.7 Å². The number of piperazine rings is 1. The van der Waals surface area contributed by atoms with Crippen LogP contribution in [0.5, 0.6) is 0 Å². The molecule has 0 spiro atoms. The van der Waals surface area contributed by atoms with Crippen LogP contribution in [-0.2, 0) is 9.59 Å². The molecule has 2 saturated heterocycles. The van der Waals surface area contributed by atoms with Gasteiger partial charge in [0.15, 0.2) is 0 Å². The number of nitrogens with one attached hydrogen (secondary N) is 1. The van der Waals surface area contributed by atoms with Gasteiger partial charge in [0.05, 0.1) is 5.54 Å². The van der Waals surface area contributed by atoms with Crippen LogP contribution < -0.4 is 5.32 Å². The maximum Gasteiger partial charge on any atom is 0.242 e. The number of amides is 2. The second-order valence-corrected chi connectivity index (χ2v) is 6.63. The molecule has 0 aromatic rings. The first-order valence-corrected chi connectivity index (χ1v) is 8.33. The number of carbonyl (C=O) groups is 2. The van der Waals surface area contributed by atoms with E-state index in [1.165, 1.54) is 0 Å². The summed E-state index contributed by atoms with van der Waals surface area (Å²) in [7, 11) is 0. The van der Waals surface area contributed by atoms with Crippen molar-refractivity contribution in [3.63, 3.8) is 0 Å². The van der Waals surface area contributed by atoms with E-state index >= 15 is 0 Å². The maximum atomic E-state index is 12.9. The van der Waals surface area contributed by atoms with E-state index in [1.807, 2.05) is 23.6 Å². The Labute approximate surface area is 128 Å². The monoisotopic (exact) mass is 295 g/mol. The molecule has 5 nitrogen and oxygen atoms in total. The van der Waals surface area contributed by atoms with Gasteiger partial charge in [0.25, 0.3) is 0 Å². The molecular formula is C16H29N3O2. The lowest BCUT2D eigenvalue weighted by atomic mass is 9.90. The molecule has 0 aromatic carbocycles. The molecular weight excluding hydrogens is 266 g/mol. The number of carbonyl (C=O) groups excluding carboxylic acids is 2. The average molecular weight is 295 g/mol. The fraction of sp³-hybridized carbons (Fsp3) is 0.875. The Morgan fingerprint density at radius 1 is 1.14 bits per heavy atom. The van der Waals surface area contributed by atoms with Crippen molar-refractivity contribution in [3.05, 3.63) is 0 Å². The van der Waals surface area contributed by atoms with E-state index in [4.69, 9.17) is 0 Å². The molecule has 2 fully saturated rings. The molecule has 1 atom stereocenters. The normalized spacial score (nSPS) is 26.5. The number of nitrogens with zero attached hydrogens (tertiary/aromatic N) is 2. The van der Waals surface area contributed by atoms with Crippen LogP contribution in [0.3, 0.4) is 0 Å². The Balaban J connectivity index is 1.95. The van der Waals surface area contributed by atoms with Crippen LogP contribution in [-0.4, -0.2) is 59.9 Å². The number of hydrogen-bond acceptors (Lipinski definition) is 3. The molecule has 21 heavy (non-hydrogen) atoms. The van der Waals surface area contributed by atoms with E-state index in [9.17, 15) is 9.59 Å². The van der Waals surface area contributed by atoms with Gasteiger partial charge in [-0.2, -0.15) is 0 Å². The molecule has 2 aliphatic heterocycles. The Morgan fingerprint density at radius 3 is 2.24 bits per heavy atom. The van der Waals surface area contributed by atoms with Crippen molar-refractivity contribution in [1.82, 2.24) is 15.1 Å². The summed E-state index contributed by atoms with van der Waals surface area (Å²) >= 11 is 0. The highest BCUT2D eigenvalue weighted by Gasteiger charge is 2.43. The highest BCUT2D eigenvalue weighted by atomic mass is 16.2. The van der Waals surface area contributed by atoms with Crippen molar-refractivity contribution in [3.8, 4) is 0 Å². The third-order valence-electron chi connectivity index (χ3n) is 4.70. The van der Waals surface area contributed by atoms with Crippen LogP contribution in [0.2, 0.25) is 0 Å². The first-order valence-electron chi connectivity index (χ1n) is 8.33. The van der Waals surface area contributed by atoms with Crippen LogP contribution in [0.1, 0.15) is 46.5 Å². The molecule has 2 amide bonds. The maximum absolute atomic E-state index is 12.9. The van der Waals surface area contributed by atoms with Gasteiger partial charge in [0.2, 0.25) is 11.8 Å². The minimum atomic E-state index is -0.334. The van der Waals surface area contributed by atoms with Crippen molar-refractivity contribution in [2.45, 2.75) is 52.0 Å². The smallest absolute Gasteiger partial charge is 0.242 e. The zero-order valence-electron chi connectivity index (χ0n) is 13.7. The molecule has 2 aliphatic rings. The molecule has 5 heteroatoms. The van der Waals surface area contributed by atoms with Gasteiger partial charge in [-0.1, -0.05) is 27.2 Å². The van der Waals surface area contributed by atoms with E-state index in [0.29, 0.717) is 26.2 Å². The van der Waals surface area contributed by atoms with Crippen LogP contribution in [0.15, 0.2) is 0 Å². The Bertz CT molecular complexity index is 381. The molecule has 2 rings (SSSR count). The lowest BCUT2D eigenvalue weighted by molar-refractivity contribution is -0.145. The third-order valence-corrected chi connectivity index (χ3v) is 4.70. The number of rotatable bonds is 4. The van der Waals surface area contributed by atoms with E-state index < -0.39 is 0 Å². The molecule has 1 N–H and O–H groups in total. The molecule has 0 radical (unpaired) electrons. The SMILES string of the molecule is CCCC1(C(=O)N2CCN(C(=O)C(C)C)CC2)CCCN1. The van der Waals surface area contributed by atoms with Gasteiger partial charge in [0, 0.05) is 32.1 Å². The minimum absolute atomic E-state index is 0.0372. The first-order chi connectivity index (χ1) is 10.00. The third kappa shape index (κ3) is 3.39. The van der Waals surface area contributed by atoms with Gasteiger partial charge in [0.1, 0.15) is 0 Å². The van der Waals surface area contributed by atoms with E-state index in [2.05, 4.69) is 12.2 Å². The standard InChI is InChI=1S/C16H29N3O2/c1-4-6-16(7-5-8-17-16)15(21)19-11-9-18(10-12-19)14(20)13(2)3/h13,17H,4-12H2,1-3H3. The van der Waals surface area contributed by atoms with Crippen molar-refractivity contribution < 1.29 is 9.59 Å². The van der Waals surface area contributed by atoms with Crippen LogP contribution in [0, 0.1) is 5.92 Å². The number of hydrogen-bond donors (Lipinski definition) is 1. The van der Waals surface area contributed by atoms with Crippen molar-refractivity contribution in [1.29, 1.82) is 0 Å². The molecule has 0 saturated carbocycles. The highest BCUT2D eigenvalue weighted by molar-refractivity contribution is 5.87. The van der Waals surface area contributed by atoms with Crippen LogP contribution in [0.4, 0.5) is 0 Å². The van der Waals surface area contributed by atoms with Gasteiger partial charge in [-0.15, -0.1) is 0 Å². The van der Waals surface area contributed by atoms with Gasteiger partial charge >= 0.3 is 0 Å². The van der Waals surface area contributed by atoms with Gasteiger partial charge in [-0.3, -0.25) is 9.59 Å². The zero-order chi connectivity index (χ0) is 15.5. The lowest BCUT2D eigenvalue weighted by Gasteiger charge is -2.40. The summed E-state index contributed by atoms with van der Waals surface area (Å²) in [6.45, 7) is 9.62. The summed E-state index contributed by atoms with van der Waals surface area (Å²) < 4.78 is 0. The molecule has 0 aliphatic carbocycles. The molecule has 0 bridgehead atoms. The van der Waals surface area contributed by atoms with Crippen LogP contribution >= 0.6 is 0 Å². The van der Waals surface area contributed by atoms with Crippen molar-refractivity contribution in [2.24, 2.45) is 5.92 Å². The largest absolute Gasteiger partial charge is 0.339 e. The fourth-order valence-electron chi connectivity index (χ4n) is 3.53. The predicted molar refractivity (Wildman–Crippen MR) is 82.9 cm³/mol. The van der Waals surface area contributed by atoms with E-state index in [-0.39, 0.29) is 23.3 Å². The Morgan fingerprint density at radius 2 is 1.76 bits per heavy atom. The quantitative estimate of drug-likeness (QED) is 0.849. The summed E-state index contributed by atoms with van der Waals surface area (Å²) in [5, 5.41) is 3.45. The predicted octanol–water partition coefficient (Wildman–Crippen LogP) is 1.24. The average Bonchev–Trinajstić information content (AvgIpc) is 2.96. The van der Waals surface area contributed by atoms with Gasteiger partial charge < -0.3 is 15.1 Å². The first kappa shape index (κ1) is 16.3. The Hall–Kier alpha value is -1.10. The second kappa shape index (κ2) is 6.77. The van der Waals surface area contributed by atoms with E-state index in [0.717, 1.165) is 32.2 Å². The van der Waals surface area contributed by atoms with E-state index in [1.54, 1.807) is 0 Å². The highest BCUT2D eigenvalue weighted by Crippen LogP contribution is 2.27. The second-order valence-electron chi connectivity index (χ2n) is 6.63. The molecule has 0 aromatic heterocycles. The minimum Gasteiger partial charge on any atom is -0.339 e. The zero-order valence-corrected chi connectivity index (χ0v) is 13.7. The summed E-state index contributed by atoms with van der Waals surface area (Å²) in [5.41, 5.74) is -0.334. The van der Waals surface area contributed by atoms with Crippen molar-refractivity contribution >= 4 is 11.8 Å². The molecule has 120 valence electrons. The summed E-state index contributed by atoms with van der Waals surface area (Å²) in [6, 6.07) is 0.